The first-order valence-electron chi connectivity index (χ1n) is 6.89. The maximum atomic E-state index is 11.5. The zero-order valence-electron chi connectivity index (χ0n) is 12.4. The van der Waals surface area contributed by atoms with Crippen molar-refractivity contribution < 1.29 is 24.5 Å². The number of carboxylic acid groups (broad SMARTS) is 1. The summed E-state index contributed by atoms with van der Waals surface area (Å²) < 4.78 is 4.95. The Morgan fingerprint density at radius 2 is 2.00 bits per heavy atom. The number of carboxylic acids is 1. The number of aromatic carboxylic acids is 1. The van der Waals surface area contributed by atoms with Gasteiger partial charge in [0.15, 0.2) is 0 Å². The van der Waals surface area contributed by atoms with Crippen molar-refractivity contribution in [2.24, 2.45) is 0 Å². The molecule has 0 aliphatic heterocycles. The summed E-state index contributed by atoms with van der Waals surface area (Å²) in [6, 6.07) is 2.44. The van der Waals surface area contributed by atoms with Gasteiger partial charge >= 0.3 is 11.9 Å². The van der Waals surface area contributed by atoms with E-state index in [4.69, 9.17) is 21.4 Å². The van der Waals surface area contributed by atoms with E-state index >= 15 is 0 Å². The lowest BCUT2D eigenvalue weighted by molar-refractivity contribution is -0.268. The van der Waals surface area contributed by atoms with Gasteiger partial charge in [0, 0.05) is 10.6 Å². The molecule has 0 saturated heterocycles. The van der Waals surface area contributed by atoms with Crippen molar-refractivity contribution in [3.8, 4) is 5.75 Å². The molecule has 1 aromatic rings. The number of hydrogen-bond donors (Lipinski definition) is 1. The topological polar surface area (TPSA) is 86.7 Å². The molecule has 0 saturated carbocycles. The molecule has 1 N–H and O–H groups in total. The maximum absolute atomic E-state index is 11.5. The minimum atomic E-state index is -1.10. The Morgan fingerprint density at radius 3 is 2.59 bits per heavy atom. The lowest BCUT2D eigenvalue weighted by atomic mass is 10.0. The molecule has 5 nitrogen and oxygen atoms in total. The molecular formula is C16H18ClO5-. The molecule has 0 radical (unpaired) electrons. The summed E-state index contributed by atoms with van der Waals surface area (Å²) in [7, 11) is 0. The fourth-order valence-corrected chi connectivity index (χ4v) is 2.17. The van der Waals surface area contributed by atoms with Crippen LogP contribution in [0.4, 0.5) is 0 Å². The lowest BCUT2D eigenvalue weighted by Gasteiger charge is -2.15. The zero-order valence-corrected chi connectivity index (χ0v) is 13.1. The quantitative estimate of drug-likeness (QED) is 0.451. The SMILES string of the molecule is C=C(C)C(=O)OCCCCCc1c(C(=O)O)ccc([O-])c1Cl. The van der Waals surface area contributed by atoms with Gasteiger partial charge in [0.1, 0.15) is 0 Å². The van der Waals surface area contributed by atoms with E-state index in [1.165, 1.54) is 6.07 Å². The highest BCUT2D eigenvalue weighted by molar-refractivity contribution is 6.33. The van der Waals surface area contributed by atoms with Gasteiger partial charge in [0.05, 0.1) is 12.2 Å². The molecule has 1 aromatic carbocycles. The van der Waals surface area contributed by atoms with E-state index < -0.39 is 11.9 Å². The third-order valence-corrected chi connectivity index (χ3v) is 3.51. The van der Waals surface area contributed by atoms with Gasteiger partial charge in [-0.1, -0.05) is 30.0 Å². The van der Waals surface area contributed by atoms with Crippen molar-refractivity contribution in [3.05, 3.63) is 40.4 Å². The fraction of sp³-hybridized carbons (Fsp3) is 0.375. The van der Waals surface area contributed by atoms with Crippen LogP contribution in [0.15, 0.2) is 24.3 Å². The molecule has 0 aromatic heterocycles. The number of carbonyl (C=O) groups is 2. The molecule has 0 unspecified atom stereocenters. The molecule has 0 aliphatic rings. The largest absolute Gasteiger partial charge is 0.871 e. The van der Waals surface area contributed by atoms with E-state index in [0.29, 0.717) is 30.4 Å². The number of rotatable bonds is 8. The highest BCUT2D eigenvalue weighted by Gasteiger charge is 2.13. The number of unbranched alkanes of at least 4 members (excludes halogenated alkanes) is 2. The smallest absolute Gasteiger partial charge is 0.336 e. The molecule has 0 bridgehead atoms. The lowest BCUT2D eigenvalue weighted by Crippen LogP contribution is -2.07. The van der Waals surface area contributed by atoms with Crippen LogP contribution in [0.2, 0.25) is 5.02 Å². The Hall–Kier alpha value is -2.01. The minimum absolute atomic E-state index is 0.0337. The average molecular weight is 326 g/mol. The first-order valence-corrected chi connectivity index (χ1v) is 7.26. The van der Waals surface area contributed by atoms with Crippen molar-refractivity contribution in [3.63, 3.8) is 0 Å². The average Bonchev–Trinajstić information content (AvgIpc) is 2.45. The summed E-state index contributed by atoms with van der Waals surface area (Å²) in [6.07, 6.45) is 2.41. The predicted octanol–water partition coefficient (Wildman–Crippen LogP) is 2.94. The van der Waals surface area contributed by atoms with Crippen LogP contribution in [0.25, 0.3) is 0 Å². The summed E-state index contributed by atoms with van der Waals surface area (Å²) in [5, 5.41) is 20.6. The van der Waals surface area contributed by atoms with E-state index in [9.17, 15) is 14.7 Å². The molecule has 0 amide bonds. The molecule has 0 heterocycles. The second kappa shape index (κ2) is 8.44. The Labute approximate surface area is 134 Å². The highest BCUT2D eigenvalue weighted by Crippen LogP contribution is 2.29. The number of carbonyl (C=O) groups excluding carboxylic acids is 1. The predicted molar refractivity (Wildman–Crippen MR) is 81.2 cm³/mol. The summed E-state index contributed by atoms with van der Waals surface area (Å²) in [5.41, 5.74) is 0.768. The first-order chi connectivity index (χ1) is 10.3. The van der Waals surface area contributed by atoms with E-state index in [2.05, 4.69) is 6.58 Å². The summed E-state index contributed by atoms with van der Waals surface area (Å²) >= 11 is 5.90. The van der Waals surface area contributed by atoms with Crippen molar-refractivity contribution >= 4 is 23.5 Å². The summed E-state index contributed by atoms with van der Waals surface area (Å²) in [5.74, 6) is -1.90. The highest BCUT2D eigenvalue weighted by atomic mass is 35.5. The van der Waals surface area contributed by atoms with Crippen LogP contribution in [0, 0.1) is 0 Å². The molecule has 22 heavy (non-hydrogen) atoms. The molecule has 0 aliphatic carbocycles. The number of halogens is 1. The molecule has 0 fully saturated rings. The van der Waals surface area contributed by atoms with E-state index in [1.807, 2.05) is 0 Å². The van der Waals surface area contributed by atoms with Crippen molar-refractivity contribution in [2.75, 3.05) is 6.61 Å². The Kier molecular flexibility index (Phi) is 6.92. The summed E-state index contributed by atoms with van der Waals surface area (Å²) in [4.78, 5) is 22.3. The van der Waals surface area contributed by atoms with Crippen LogP contribution in [-0.2, 0) is 16.0 Å². The van der Waals surface area contributed by atoms with Crippen LogP contribution in [0.5, 0.6) is 5.75 Å². The number of hydrogen-bond acceptors (Lipinski definition) is 4. The first kappa shape index (κ1) is 18.0. The Bertz CT molecular complexity index is 580. The molecular weight excluding hydrogens is 308 g/mol. The summed E-state index contributed by atoms with van der Waals surface area (Å²) in [6.45, 7) is 5.34. The normalized spacial score (nSPS) is 10.3. The van der Waals surface area contributed by atoms with Crippen LogP contribution < -0.4 is 5.11 Å². The molecule has 1 rings (SSSR count). The Morgan fingerprint density at radius 1 is 1.32 bits per heavy atom. The van der Waals surface area contributed by atoms with Gasteiger partial charge in [-0.3, -0.25) is 0 Å². The van der Waals surface area contributed by atoms with Gasteiger partial charge in [-0.2, -0.15) is 0 Å². The van der Waals surface area contributed by atoms with Gasteiger partial charge < -0.3 is 14.9 Å². The standard InChI is InChI=1S/C16H19ClO5/c1-10(2)16(21)22-9-5-3-4-6-11-12(15(19)20)7-8-13(18)14(11)17/h7-8,18H,1,3-6,9H2,2H3,(H,19,20)/p-1. The van der Waals surface area contributed by atoms with Crippen LogP contribution >= 0.6 is 11.6 Å². The van der Waals surface area contributed by atoms with Gasteiger partial charge in [-0.15, -0.1) is 0 Å². The van der Waals surface area contributed by atoms with Crippen LogP contribution in [0.3, 0.4) is 0 Å². The van der Waals surface area contributed by atoms with Gasteiger partial charge in [0.25, 0.3) is 0 Å². The third kappa shape index (κ3) is 5.07. The molecule has 0 atom stereocenters. The van der Waals surface area contributed by atoms with E-state index in [0.717, 1.165) is 12.5 Å². The fourth-order valence-electron chi connectivity index (χ4n) is 1.91. The molecule has 120 valence electrons. The van der Waals surface area contributed by atoms with E-state index in [-0.39, 0.29) is 22.9 Å². The monoisotopic (exact) mass is 325 g/mol. The minimum Gasteiger partial charge on any atom is -0.871 e. The van der Waals surface area contributed by atoms with Gasteiger partial charge in [0.2, 0.25) is 0 Å². The second-order valence-corrected chi connectivity index (χ2v) is 5.31. The molecule has 6 heteroatoms. The van der Waals surface area contributed by atoms with Gasteiger partial charge in [-0.25, -0.2) is 9.59 Å². The maximum Gasteiger partial charge on any atom is 0.336 e. The zero-order chi connectivity index (χ0) is 16.7. The van der Waals surface area contributed by atoms with Crippen molar-refractivity contribution in [2.45, 2.75) is 32.6 Å². The number of esters is 1. The Balaban J connectivity index is 2.48. The second-order valence-electron chi connectivity index (χ2n) is 4.94. The van der Waals surface area contributed by atoms with Crippen LogP contribution in [0.1, 0.15) is 42.1 Å². The third-order valence-electron chi connectivity index (χ3n) is 3.09. The van der Waals surface area contributed by atoms with E-state index in [1.54, 1.807) is 6.92 Å². The van der Waals surface area contributed by atoms with Crippen molar-refractivity contribution in [1.29, 1.82) is 0 Å². The number of benzene rings is 1. The number of ether oxygens (including phenoxy) is 1. The van der Waals surface area contributed by atoms with Gasteiger partial charge in [-0.05, 0) is 44.2 Å². The molecule has 0 spiro atoms. The van der Waals surface area contributed by atoms with Crippen LogP contribution in [-0.4, -0.2) is 23.7 Å². The van der Waals surface area contributed by atoms with Crippen molar-refractivity contribution in [1.82, 2.24) is 0 Å².